The third-order valence-electron chi connectivity index (χ3n) is 1.92. The van der Waals surface area contributed by atoms with Gasteiger partial charge in [-0.05, 0) is 18.2 Å². The highest BCUT2D eigenvalue weighted by molar-refractivity contribution is 9.10. The number of aromatic nitrogens is 2. The Morgan fingerprint density at radius 3 is 3.07 bits per heavy atom. The fourth-order valence-electron chi connectivity index (χ4n) is 1.25. The lowest BCUT2D eigenvalue weighted by Crippen LogP contribution is -2.06. The van der Waals surface area contributed by atoms with Gasteiger partial charge in [0.05, 0.1) is 5.52 Å². The lowest BCUT2D eigenvalue weighted by Gasteiger charge is -2.03. The standard InChI is InChI=1S/C10H9BrFN3/c11-8-1-2-9-7(5-8)6-14-10(15-9)13-4-3-12/h1-2,5-6H,3-4H2,(H,13,14,15). The lowest BCUT2D eigenvalue weighted by atomic mass is 10.2. The summed E-state index contributed by atoms with van der Waals surface area (Å²) in [5, 5.41) is 3.75. The predicted octanol–water partition coefficient (Wildman–Crippen LogP) is 2.77. The highest BCUT2D eigenvalue weighted by atomic mass is 79.9. The van der Waals surface area contributed by atoms with Gasteiger partial charge in [0.2, 0.25) is 5.95 Å². The van der Waals surface area contributed by atoms with Crippen LogP contribution in [0.1, 0.15) is 0 Å². The van der Waals surface area contributed by atoms with Crippen LogP contribution in [0.5, 0.6) is 0 Å². The van der Waals surface area contributed by atoms with Crippen LogP contribution in [0.15, 0.2) is 28.9 Å². The van der Waals surface area contributed by atoms with Gasteiger partial charge in [-0.2, -0.15) is 0 Å². The van der Waals surface area contributed by atoms with Gasteiger partial charge in [0.25, 0.3) is 0 Å². The van der Waals surface area contributed by atoms with Crippen molar-refractivity contribution in [3.8, 4) is 0 Å². The molecule has 0 aliphatic heterocycles. The summed E-state index contributed by atoms with van der Waals surface area (Å²) in [6.07, 6.45) is 1.72. The summed E-state index contributed by atoms with van der Waals surface area (Å²) in [6, 6.07) is 5.74. The normalized spacial score (nSPS) is 10.5. The SMILES string of the molecule is FCCNc1ncc2cc(Br)ccc2n1. The topological polar surface area (TPSA) is 37.8 Å². The molecule has 1 aromatic carbocycles. The van der Waals surface area contributed by atoms with Crippen LogP contribution < -0.4 is 5.32 Å². The zero-order valence-electron chi connectivity index (χ0n) is 7.87. The van der Waals surface area contributed by atoms with Crippen LogP contribution in [0.2, 0.25) is 0 Å². The summed E-state index contributed by atoms with van der Waals surface area (Å²) >= 11 is 3.37. The third kappa shape index (κ3) is 2.41. The molecule has 1 aromatic heterocycles. The number of nitrogens with one attached hydrogen (secondary N) is 1. The maximum atomic E-state index is 11.9. The van der Waals surface area contributed by atoms with Gasteiger partial charge >= 0.3 is 0 Å². The number of halogens is 2. The molecule has 0 spiro atoms. The molecule has 1 heterocycles. The summed E-state index contributed by atoms with van der Waals surface area (Å²) in [4.78, 5) is 8.32. The molecule has 2 rings (SSSR count). The number of fused-ring (bicyclic) bond motifs is 1. The van der Waals surface area contributed by atoms with Crippen molar-refractivity contribution in [2.45, 2.75) is 0 Å². The van der Waals surface area contributed by atoms with E-state index in [1.54, 1.807) is 6.20 Å². The molecule has 0 bridgehead atoms. The number of hydrogen-bond donors (Lipinski definition) is 1. The molecule has 0 amide bonds. The Morgan fingerprint density at radius 2 is 2.27 bits per heavy atom. The maximum Gasteiger partial charge on any atom is 0.223 e. The van der Waals surface area contributed by atoms with Crippen molar-refractivity contribution in [2.24, 2.45) is 0 Å². The van der Waals surface area contributed by atoms with Crippen molar-refractivity contribution in [2.75, 3.05) is 18.5 Å². The van der Waals surface area contributed by atoms with Gasteiger partial charge in [0.15, 0.2) is 0 Å². The van der Waals surface area contributed by atoms with E-state index in [1.165, 1.54) is 0 Å². The first kappa shape index (κ1) is 10.3. The molecule has 0 atom stereocenters. The molecule has 0 saturated heterocycles. The van der Waals surface area contributed by atoms with E-state index < -0.39 is 6.67 Å². The van der Waals surface area contributed by atoms with Crippen LogP contribution in [0.25, 0.3) is 10.9 Å². The van der Waals surface area contributed by atoms with Gasteiger partial charge in [-0.15, -0.1) is 0 Å². The number of benzene rings is 1. The van der Waals surface area contributed by atoms with Crippen LogP contribution in [0.3, 0.4) is 0 Å². The zero-order valence-corrected chi connectivity index (χ0v) is 9.46. The summed E-state index contributed by atoms with van der Waals surface area (Å²) in [6.45, 7) is -0.191. The average molecular weight is 270 g/mol. The Balaban J connectivity index is 2.34. The molecule has 0 aliphatic rings. The summed E-state index contributed by atoms with van der Waals surface area (Å²) < 4.78 is 12.9. The van der Waals surface area contributed by atoms with Gasteiger partial charge in [-0.25, -0.2) is 14.4 Å². The number of hydrogen-bond acceptors (Lipinski definition) is 3. The van der Waals surface area contributed by atoms with E-state index in [2.05, 4.69) is 31.2 Å². The maximum absolute atomic E-state index is 11.9. The van der Waals surface area contributed by atoms with Crippen LogP contribution in [-0.4, -0.2) is 23.2 Å². The molecule has 0 aliphatic carbocycles. The largest absolute Gasteiger partial charge is 0.352 e. The molecule has 1 N–H and O–H groups in total. The van der Waals surface area contributed by atoms with Crippen molar-refractivity contribution in [3.63, 3.8) is 0 Å². The number of alkyl halides is 1. The molecule has 0 unspecified atom stereocenters. The molecule has 0 saturated carbocycles. The summed E-state index contributed by atoms with van der Waals surface area (Å²) in [5.41, 5.74) is 0.842. The van der Waals surface area contributed by atoms with Crippen molar-refractivity contribution < 1.29 is 4.39 Å². The van der Waals surface area contributed by atoms with E-state index >= 15 is 0 Å². The first-order valence-corrected chi connectivity index (χ1v) is 5.31. The van der Waals surface area contributed by atoms with Crippen LogP contribution >= 0.6 is 15.9 Å². The van der Waals surface area contributed by atoms with Crippen molar-refractivity contribution in [1.82, 2.24) is 9.97 Å². The Hall–Kier alpha value is -1.23. The van der Waals surface area contributed by atoms with Crippen LogP contribution in [0.4, 0.5) is 10.3 Å². The van der Waals surface area contributed by atoms with E-state index in [0.717, 1.165) is 15.4 Å². The summed E-state index contributed by atoms with van der Waals surface area (Å²) in [7, 11) is 0. The molecule has 0 fully saturated rings. The first-order chi connectivity index (χ1) is 7.29. The Bertz CT molecular complexity index is 475. The third-order valence-corrected chi connectivity index (χ3v) is 2.41. The molecule has 15 heavy (non-hydrogen) atoms. The fourth-order valence-corrected chi connectivity index (χ4v) is 1.63. The molecule has 78 valence electrons. The van der Waals surface area contributed by atoms with Gasteiger partial charge in [0.1, 0.15) is 6.67 Å². The van der Waals surface area contributed by atoms with Crippen molar-refractivity contribution >= 4 is 32.8 Å². The average Bonchev–Trinajstić information content (AvgIpc) is 2.26. The number of nitrogens with zero attached hydrogens (tertiary/aromatic N) is 2. The van der Waals surface area contributed by atoms with Crippen LogP contribution in [-0.2, 0) is 0 Å². The molecule has 5 heteroatoms. The molecule has 2 aromatic rings. The van der Waals surface area contributed by atoms with Gasteiger partial charge in [-0.1, -0.05) is 15.9 Å². The molecule has 3 nitrogen and oxygen atoms in total. The second-order valence-corrected chi connectivity index (χ2v) is 3.93. The van der Waals surface area contributed by atoms with Gasteiger partial charge < -0.3 is 5.32 Å². The van der Waals surface area contributed by atoms with Gasteiger partial charge in [0, 0.05) is 22.6 Å². The highest BCUT2D eigenvalue weighted by Gasteiger charge is 1.99. The quantitative estimate of drug-likeness (QED) is 0.931. The van der Waals surface area contributed by atoms with Crippen LogP contribution in [0, 0.1) is 0 Å². The highest BCUT2D eigenvalue weighted by Crippen LogP contribution is 2.18. The van der Waals surface area contributed by atoms with Crippen molar-refractivity contribution in [3.05, 3.63) is 28.9 Å². The second-order valence-electron chi connectivity index (χ2n) is 3.01. The minimum Gasteiger partial charge on any atom is -0.352 e. The Morgan fingerprint density at radius 1 is 1.40 bits per heavy atom. The summed E-state index contributed by atoms with van der Waals surface area (Å²) in [5.74, 6) is 0.461. The minimum absolute atomic E-state index is 0.238. The molecular formula is C10H9BrFN3. The van der Waals surface area contributed by atoms with E-state index in [0.29, 0.717) is 5.95 Å². The van der Waals surface area contributed by atoms with E-state index in [9.17, 15) is 4.39 Å². The number of anilines is 1. The first-order valence-electron chi connectivity index (χ1n) is 4.52. The number of rotatable bonds is 3. The van der Waals surface area contributed by atoms with E-state index in [-0.39, 0.29) is 6.54 Å². The van der Waals surface area contributed by atoms with Gasteiger partial charge in [-0.3, -0.25) is 0 Å². The van der Waals surface area contributed by atoms with Crippen molar-refractivity contribution in [1.29, 1.82) is 0 Å². The van der Waals surface area contributed by atoms with E-state index in [4.69, 9.17) is 0 Å². The lowest BCUT2D eigenvalue weighted by molar-refractivity contribution is 0.512. The monoisotopic (exact) mass is 269 g/mol. The minimum atomic E-state index is -0.429. The fraction of sp³-hybridized carbons (Fsp3) is 0.200. The smallest absolute Gasteiger partial charge is 0.223 e. The Labute approximate surface area is 94.9 Å². The molecule has 0 radical (unpaired) electrons. The molecular weight excluding hydrogens is 261 g/mol. The second kappa shape index (κ2) is 4.53. The van der Waals surface area contributed by atoms with E-state index in [1.807, 2.05) is 18.2 Å². The Kier molecular flexibility index (Phi) is 3.11. The predicted molar refractivity (Wildman–Crippen MR) is 61.7 cm³/mol. The zero-order chi connectivity index (χ0) is 10.7.